The third-order valence-corrected chi connectivity index (χ3v) is 3.11. The Morgan fingerprint density at radius 1 is 1.42 bits per heavy atom. The first kappa shape index (κ1) is 13.9. The van der Waals surface area contributed by atoms with E-state index in [1.54, 1.807) is 4.90 Å². The van der Waals surface area contributed by atoms with Crippen LogP contribution < -0.4 is 10.6 Å². The van der Waals surface area contributed by atoms with Crippen LogP contribution in [0.3, 0.4) is 0 Å². The Morgan fingerprint density at radius 3 is 2.79 bits per heavy atom. The molecular formula is C15H22N2O2. The second-order valence-electron chi connectivity index (χ2n) is 5.85. The first-order valence-electron chi connectivity index (χ1n) is 6.74. The van der Waals surface area contributed by atoms with Crippen molar-refractivity contribution in [2.75, 3.05) is 18.0 Å². The fourth-order valence-corrected chi connectivity index (χ4v) is 2.39. The standard InChI is InChI=1S/C15H22N2O2/c1-15(2,3)19-14(18)17-10-8-12-6-4-5-11(7-9-16)13(12)17/h4-6H,7-10,16H2,1-3H3. The summed E-state index contributed by atoms with van der Waals surface area (Å²) in [6, 6.07) is 6.14. The zero-order valence-electron chi connectivity index (χ0n) is 11.9. The van der Waals surface area contributed by atoms with Crippen molar-refractivity contribution >= 4 is 11.8 Å². The Morgan fingerprint density at radius 2 is 2.16 bits per heavy atom. The summed E-state index contributed by atoms with van der Waals surface area (Å²) in [5, 5.41) is 0. The van der Waals surface area contributed by atoms with Gasteiger partial charge in [-0.1, -0.05) is 18.2 Å². The van der Waals surface area contributed by atoms with Gasteiger partial charge >= 0.3 is 6.09 Å². The first-order chi connectivity index (χ1) is 8.92. The molecule has 2 N–H and O–H groups in total. The highest BCUT2D eigenvalue weighted by Crippen LogP contribution is 2.33. The molecule has 0 atom stereocenters. The molecule has 0 spiro atoms. The first-order valence-corrected chi connectivity index (χ1v) is 6.74. The Bertz CT molecular complexity index is 478. The Labute approximate surface area is 114 Å². The van der Waals surface area contributed by atoms with Crippen LogP contribution >= 0.6 is 0 Å². The van der Waals surface area contributed by atoms with E-state index in [0.717, 1.165) is 24.1 Å². The fraction of sp³-hybridized carbons (Fsp3) is 0.533. The lowest BCUT2D eigenvalue weighted by Gasteiger charge is -2.26. The minimum atomic E-state index is -0.470. The number of carbonyl (C=O) groups excluding carboxylic acids is 1. The minimum Gasteiger partial charge on any atom is -0.443 e. The Kier molecular flexibility index (Phi) is 3.80. The number of nitrogens with zero attached hydrogens (tertiary/aromatic N) is 1. The van der Waals surface area contributed by atoms with Gasteiger partial charge in [0, 0.05) is 6.54 Å². The zero-order chi connectivity index (χ0) is 14.0. The second kappa shape index (κ2) is 5.21. The molecule has 1 aliphatic rings. The molecule has 1 aliphatic heterocycles. The lowest BCUT2D eigenvalue weighted by atomic mass is 10.0. The van der Waals surface area contributed by atoms with Crippen molar-refractivity contribution < 1.29 is 9.53 Å². The average Bonchev–Trinajstić information content (AvgIpc) is 2.72. The van der Waals surface area contributed by atoms with Crippen molar-refractivity contribution in [3.63, 3.8) is 0 Å². The van der Waals surface area contributed by atoms with E-state index in [-0.39, 0.29) is 6.09 Å². The highest BCUT2D eigenvalue weighted by molar-refractivity contribution is 5.91. The molecule has 0 unspecified atom stereocenters. The maximum absolute atomic E-state index is 12.3. The molecule has 104 valence electrons. The lowest BCUT2D eigenvalue weighted by molar-refractivity contribution is 0.0583. The van der Waals surface area contributed by atoms with Crippen LogP contribution in [0.25, 0.3) is 0 Å². The zero-order valence-corrected chi connectivity index (χ0v) is 11.9. The summed E-state index contributed by atoms with van der Waals surface area (Å²) in [5.74, 6) is 0. The van der Waals surface area contributed by atoms with E-state index in [4.69, 9.17) is 10.5 Å². The van der Waals surface area contributed by atoms with E-state index in [0.29, 0.717) is 13.1 Å². The summed E-state index contributed by atoms with van der Waals surface area (Å²) in [4.78, 5) is 14.0. The number of ether oxygens (including phenoxy) is 1. The van der Waals surface area contributed by atoms with Crippen molar-refractivity contribution in [3.05, 3.63) is 29.3 Å². The Hall–Kier alpha value is -1.55. The third-order valence-electron chi connectivity index (χ3n) is 3.11. The molecule has 0 saturated carbocycles. The molecule has 4 heteroatoms. The molecule has 19 heavy (non-hydrogen) atoms. The molecule has 1 heterocycles. The molecule has 1 aromatic carbocycles. The van der Waals surface area contributed by atoms with Crippen molar-refractivity contribution in [1.82, 2.24) is 0 Å². The van der Waals surface area contributed by atoms with Crippen LogP contribution in [-0.2, 0) is 17.6 Å². The van der Waals surface area contributed by atoms with E-state index >= 15 is 0 Å². The number of hydrogen-bond donors (Lipinski definition) is 1. The minimum absolute atomic E-state index is 0.268. The quantitative estimate of drug-likeness (QED) is 0.891. The molecule has 0 bridgehead atoms. The molecule has 2 rings (SSSR count). The number of benzene rings is 1. The van der Waals surface area contributed by atoms with Gasteiger partial charge in [0.1, 0.15) is 5.60 Å². The predicted octanol–water partition coefficient (Wildman–Crippen LogP) is 2.49. The largest absolute Gasteiger partial charge is 0.443 e. The monoisotopic (exact) mass is 262 g/mol. The number of para-hydroxylation sites is 1. The summed E-state index contributed by atoms with van der Waals surface area (Å²) in [6.07, 6.45) is 1.39. The van der Waals surface area contributed by atoms with Crippen LogP contribution in [0.1, 0.15) is 31.9 Å². The van der Waals surface area contributed by atoms with Gasteiger partial charge in [-0.2, -0.15) is 0 Å². The molecule has 0 aromatic heterocycles. The fourth-order valence-electron chi connectivity index (χ4n) is 2.39. The van der Waals surface area contributed by atoms with Crippen LogP contribution in [0.4, 0.5) is 10.5 Å². The maximum atomic E-state index is 12.3. The maximum Gasteiger partial charge on any atom is 0.414 e. The van der Waals surface area contributed by atoms with E-state index in [1.807, 2.05) is 32.9 Å². The summed E-state index contributed by atoms with van der Waals surface area (Å²) in [5.41, 5.74) is 8.51. The van der Waals surface area contributed by atoms with Gasteiger partial charge < -0.3 is 10.5 Å². The highest BCUT2D eigenvalue weighted by Gasteiger charge is 2.30. The molecule has 4 nitrogen and oxygen atoms in total. The highest BCUT2D eigenvalue weighted by atomic mass is 16.6. The summed E-state index contributed by atoms with van der Waals surface area (Å²) >= 11 is 0. The van der Waals surface area contributed by atoms with Gasteiger partial charge in [0.05, 0.1) is 5.69 Å². The van der Waals surface area contributed by atoms with E-state index in [1.165, 1.54) is 5.56 Å². The average molecular weight is 262 g/mol. The second-order valence-corrected chi connectivity index (χ2v) is 5.85. The number of nitrogens with two attached hydrogens (primary N) is 1. The van der Waals surface area contributed by atoms with Crippen molar-refractivity contribution in [2.45, 2.75) is 39.2 Å². The van der Waals surface area contributed by atoms with Crippen LogP contribution in [0, 0.1) is 0 Å². The number of rotatable bonds is 2. The van der Waals surface area contributed by atoms with Gasteiger partial charge in [-0.3, -0.25) is 4.90 Å². The molecule has 0 saturated heterocycles. The van der Waals surface area contributed by atoms with E-state index < -0.39 is 5.60 Å². The normalized spacial score (nSPS) is 14.4. The van der Waals surface area contributed by atoms with Crippen LogP contribution in [0.5, 0.6) is 0 Å². The van der Waals surface area contributed by atoms with E-state index in [2.05, 4.69) is 6.07 Å². The summed E-state index contributed by atoms with van der Waals surface area (Å²) in [7, 11) is 0. The topological polar surface area (TPSA) is 55.6 Å². The number of hydrogen-bond acceptors (Lipinski definition) is 3. The van der Waals surface area contributed by atoms with Gasteiger partial charge in [-0.05, 0) is 51.3 Å². The molecule has 0 radical (unpaired) electrons. The number of amides is 1. The number of carbonyl (C=O) groups is 1. The lowest BCUT2D eigenvalue weighted by Crippen LogP contribution is -2.36. The van der Waals surface area contributed by atoms with Crippen LogP contribution in [-0.4, -0.2) is 24.8 Å². The molecule has 1 amide bonds. The van der Waals surface area contributed by atoms with E-state index in [9.17, 15) is 4.79 Å². The van der Waals surface area contributed by atoms with Gasteiger partial charge in [0.2, 0.25) is 0 Å². The Balaban J connectivity index is 2.27. The van der Waals surface area contributed by atoms with Gasteiger partial charge in [-0.15, -0.1) is 0 Å². The van der Waals surface area contributed by atoms with Crippen LogP contribution in [0.2, 0.25) is 0 Å². The summed E-state index contributed by atoms with van der Waals surface area (Å²) in [6.45, 7) is 6.92. The molecular weight excluding hydrogens is 240 g/mol. The SMILES string of the molecule is CC(C)(C)OC(=O)N1CCc2cccc(CCN)c21. The molecule has 0 aliphatic carbocycles. The van der Waals surface area contributed by atoms with Gasteiger partial charge in [-0.25, -0.2) is 4.79 Å². The number of fused-ring (bicyclic) bond motifs is 1. The van der Waals surface area contributed by atoms with Crippen molar-refractivity contribution in [2.24, 2.45) is 5.73 Å². The summed E-state index contributed by atoms with van der Waals surface area (Å²) < 4.78 is 5.47. The van der Waals surface area contributed by atoms with Crippen LogP contribution in [0.15, 0.2) is 18.2 Å². The van der Waals surface area contributed by atoms with Crippen molar-refractivity contribution in [3.8, 4) is 0 Å². The molecule has 1 aromatic rings. The molecule has 0 fully saturated rings. The predicted molar refractivity (Wildman–Crippen MR) is 76.5 cm³/mol. The smallest absolute Gasteiger partial charge is 0.414 e. The number of anilines is 1. The third kappa shape index (κ3) is 3.07. The van der Waals surface area contributed by atoms with Gasteiger partial charge in [0.25, 0.3) is 0 Å². The van der Waals surface area contributed by atoms with Gasteiger partial charge in [0.15, 0.2) is 0 Å². The van der Waals surface area contributed by atoms with Crippen molar-refractivity contribution in [1.29, 1.82) is 0 Å².